The highest BCUT2D eigenvalue weighted by Crippen LogP contribution is 2.27. The third-order valence-corrected chi connectivity index (χ3v) is 3.79. The molecule has 1 N–H and O–H groups in total. The number of nitrogens with one attached hydrogen (secondary N) is 1. The van der Waals surface area contributed by atoms with E-state index in [2.05, 4.69) is 45.1 Å². The summed E-state index contributed by atoms with van der Waals surface area (Å²) >= 11 is 0. The van der Waals surface area contributed by atoms with E-state index < -0.39 is 6.09 Å². The Bertz CT molecular complexity index is 670. The van der Waals surface area contributed by atoms with Crippen molar-refractivity contribution in [3.05, 3.63) is 54.1 Å². The Morgan fingerprint density at radius 1 is 0.920 bits per heavy atom. The zero-order valence-corrected chi connectivity index (χ0v) is 15.5. The van der Waals surface area contributed by atoms with E-state index in [1.165, 1.54) is 5.56 Å². The minimum Gasteiger partial charge on any atom is -0.457 e. The maximum Gasteiger partial charge on any atom is 0.412 e. The van der Waals surface area contributed by atoms with Crippen LogP contribution in [0.15, 0.2) is 48.5 Å². The summed E-state index contributed by atoms with van der Waals surface area (Å²) in [7, 11) is 0. The lowest BCUT2D eigenvalue weighted by atomic mass is 9.87. The molecule has 0 saturated heterocycles. The first-order chi connectivity index (χ1) is 11.9. The van der Waals surface area contributed by atoms with E-state index in [-0.39, 0.29) is 5.41 Å². The first-order valence-corrected chi connectivity index (χ1v) is 8.72. The molecule has 0 aliphatic rings. The molecular weight excluding hydrogens is 314 g/mol. The van der Waals surface area contributed by atoms with Crippen LogP contribution in [-0.2, 0) is 5.41 Å². The largest absolute Gasteiger partial charge is 0.457 e. The van der Waals surface area contributed by atoms with Crippen molar-refractivity contribution in [1.82, 2.24) is 5.32 Å². The highest BCUT2D eigenvalue weighted by Gasteiger charge is 2.13. The van der Waals surface area contributed by atoms with Gasteiger partial charge in [0.1, 0.15) is 17.2 Å². The van der Waals surface area contributed by atoms with Crippen LogP contribution in [-0.4, -0.2) is 12.6 Å². The van der Waals surface area contributed by atoms with Gasteiger partial charge in [0, 0.05) is 6.54 Å². The molecule has 0 radical (unpaired) electrons. The maximum atomic E-state index is 11.6. The predicted molar refractivity (Wildman–Crippen MR) is 101 cm³/mol. The van der Waals surface area contributed by atoms with Crippen LogP contribution < -0.4 is 14.8 Å². The van der Waals surface area contributed by atoms with E-state index in [1.807, 2.05) is 12.1 Å². The number of benzene rings is 2. The van der Waals surface area contributed by atoms with Crippen molar-refractivity contribution in [2.24, 2.45) is 0 Å². The summed E-state index contributed by atoms with van der Waals surface area (Å²) in [6.07, 6.45) is 1.54. The normalized spacial score (nSPS) is 11.0. The molecule has 0 fully saturated rings. The molecule has 1 amide bonds. The summed E-state index contributed by atoms with van der Waals surface area (Å²) in [5.41, 5.74) is 1.38. The lowest BCUT2D eigenvalue weighted by Crippen LogP contribution is -2.27. The standard InChI is InChI=1S/C21H27NO3/c1-5-6-15-22-20(23)25-19-13-11-18(12-14-19)24-17-9-7-16(8-10-17)21(2,3)4/h7-14H,5-6,15H2,1-4H3,(H,22,23). The van der Waals surface area contributed by atoms with Crippen LogP contribution in [0.4, 0.5) is 4.79 Å². The Morgan fingerprint density at radius 3 is 1.96 bits per heavy atom. The Kier molecular flexibility index (Phi) is 6.45. The molecule has 25 heavy (non-hydrogen) atoms. The first-order valence-electron chi connectivity index (χ1n) is 8.72. The van der Waals surface area contributed by atoms with Gasteiger partial charge >= 0.3 is 6.09 Å². The molecule has 0 unspecified atom stereocenters. The molecule has 2 rings (SSSR count). The second kappa shape index (κ2) is 8.56. The van der Waals surface area contributed by atoms with E-state index in [1.54, 1.807) is 24.3 Å². The van der Waals surface area contributed by atoms with Crippen LogP contribution in [0, 0.1) is 0 Å². The summed E-state index contributed by atoms with van der Waals surface area (Å²) in [5.74, 6) is 1.96. The molecule has 0 aliphatic carbocycles. The number of hydrogen-bond donors (Lipinski definition) is 1. The average Bonchev–Trinajstić information content (AvgIpc) is 2.57. The smallest absolute Gasteiger partial charge is 0.412 e. The van der Waals surface area contributed by atoms with Gasteiger partial charge in [-0.15, -0.1) is 0 Å². The first kappa shape index (κ1) is 18.8. The minimum atomic E-state index is -0.431. The van der Waals surface area contributed by atoms with Crippen molar-refractivity contribution in [2.75, 3.05) is 6.54 Å². The van der Waals surface area contributed by atoms with Gasteiger partial charge in [0.25, 0.3) is 0 Å². The fraction of sp³-hybridized carbons (Fsp3) is 0.381. The molecule has 0 saturated carbocycles. The molecule has 0 atom stereocenters. The van der Waals surface area contributed by atoms with E-state index >= 15 is 0 Å². The zero-order valence-electron chi connectivity index (χ0n) is 15.5. The number of ether oxygens (including phenoxy) is 2. The van der Waals surface area contributed by atoms with Crippen LogP contribution in [0.3, 0.4) is 0 Å². The number of carbonyl (C=O) groups excluding carboxylic acids is 1. The number of unbranched alkanes of at least 4 members (excludes halogenated alkanes) is 1. The van der Waals surface area contributed by atoms with Gasteiger partial charge in [-0.25, -0.2) is 4.79 Å². The predicted octanol–water partition coefficient (Wildman–Crippen LogP) is 5.66. The van der Waals surface area contributed by atoms with Gasteiger partial charge < -0.3 is 14.8 Å². The van der Waals surface area contributed by atoms with Crippen LogP contribution in [0.25, 0.3) is 0 Å². The number of carbonyl (C=O) groups is 1. The molecule has 134 valence electrons. The monoisotopic (exact) mass is 341 g/mol. The third-order valence-electron chi connectivity index (χ3n) is 3.79. The Balaban J connectivity index is 1.90. The summed E-state index contributed by atoms with van der Waals surface area (Å²) in [4.78, 5) is 11.6. The zero-order chi connectivity index (χ0) is 18.3. The van der Waals surface area contributed by atoms with E-state index in [9.17, 15) is 4.79 Å². The van der Waals surface area contributed by atoms with Crippen molar-refractivity contribution in [3.63, 3.8) is 0 Å². The lowest BCUT2D eigenvalue weighted by Gasteiger charge is -2.19. The second-order valence-corrected chi connectivity index (χ2v) is 7.02. The van der Waals surface area contributed by atoms with Gasteiger partial charge in [-0.2, -0.15) is 0 Å². The summed E-state index contributed by atoms with van der Waals surface area (Å²) in [6.45, 7) is 9.24. The highest BCUT2D eigenvalue weighted by molar-refractivity contribution is 5.70. The van der Waals surface area contributed by atoms with Crippen LogP contribution >= 0.6 is 0 Å². The van der Waals surface area contributed by atoms with Crippen molar-refractivity contribution in [1.29, 1.82) is 0 Å². The Hall–Kier alpha value is -2.49. The molecule has 0 heterocycles. The fourth-order valence-corrected chi connectivity index (χ4v) is 2.25. The van der Waals surface area contributed by atoms with Gasteiger partial charge in [0.05, 0.1) is 0 Å². The van der Waals surface area contributed by atoms with E-state index in [0.717, 1.165) is 18.6 Å². The van der Waals surface area contributed by atoms with Crippen molar-refractivity contribution < 1.29 is 14.3 Å². The van der Waals surface area contributed by atoms with Gasteiger partial charge in [0.2, 0.25) is 0 Å². The van der Waals surface area contributed by atoms with E-state index in [0.29, 0.717) is 18.0 Å². The van der Waals surface area contributed by atoms with E-state index in [4.69, 9.17) is 9.47 Å². The number of amides is 1. The van der Waals surface area contributed by atoms with Crippen molar-refractivity contribution >= 4 is 6.09 Å². The minimum absolute atomic E-state index is 0.120. The maximum absolute atomic E-state index is 11.6. The molecule has 0 aromatic heterocycles. The van der Waals surface area contributed by atoms with Gasteiger partial charge in [-0.3, -0.25) is 0 Å². The van der Waals surface area contributed by atoms with Gasteiger partial charge in [-0.05, 0) is 53.8 Å². The number of hydrogen-bond acceptors (Lipinski definition) is 3. The Morgan fingerprint density at radius 2 is 1.44 bits per heavy atom. The summed E-state index contributed by atoms with van der Waals surface area (Å²) in [6, 6.07) is 15.1. The van der Waals surface area contributed by atoms with Crippen molar-refractivity contribution in [3.8, 4) is 17.2 Å². The lowest BCUT2D eigenvalue weighted by molar-refractivity contribution is 0.200. The van der Waals surface area contributed by atoms with Gasteiger partial charge in [-0.1, -0.05) is 46.2 Å². The average molecular weight is 341 g/mol. The number of rotatable bonds is 6. The fourth-order valence-electron chi connectivity index (χ4n) is 2.25. The molecule has 0 spiro atoms. The molecule has 4 heteroatoms. The topological polar surface area (TPSA) is 47.6 Å². The molecule has 0 aliphatic heterocycles. The second-order valence-electron chi connectivity index (χ2n) is 7.02. The molecule has 4 nitrogen and oxygen atoms in total. The molecule has 2 aromatic rings. The molecule has 2 aromatic carbocycles. The quantitative estimate of drug-likeness (QED) is 0.689. The summed E-state index contributed by atoms with van der Waals surface area (Å²) in [5, 5.41) is 2.71. The highest BCUT2D eigenvalue weighted by atomic mass is 16.6. The molecular formula is C21H27NO3. The van der Waals surface area contributed by atoms with Gasteiger partial charge in [0.15, 0.2) is 0 Å². The van der Waals surface area contributed by atoms with Crippen LogP contribution in [0.5, 0.6) is 17.2 Å². The Labute approximate surface area is 150 Å². The summed E-state index contributed by atoms with van der Waals surface area (Å²) < 4.78 is 11.0. The molecule has 0 bridgehead atoms. The van der Waals surface area contributed by atoms with Crippen LogP contribution in [0.1, 0.15) is 46.1 Å². The van der Waals surface area contributed by atoms with Crippen molar-refractivity contribution in [2.45, 2.75) is 46.0 Å². The SMILES string of the molecule is CCCCNC(=O)Oc1ccc(Oc2ccc(C(C)(C)C)cc2)cc1. The third kappa shape index (κ3) is 6.14. The van der Waals surface area contributed by atoms with Crippen LogP contribution in [0.2, 0.25) is 0 Å².